The number of nitrogens with zero attached hydrogens (tertiary/aromatic N) is 1. The van der Waals surface area contributed by atoms with Crippen molar-refractivity contribution in [1.82, 2.24) is 0 Å². The van der Waals surface area contributed by atoms with Gasteiger partial charge in [-0.05, 0) is 116 Å². The summed E-state index contributed by atoms with van der Waals surface area (Å²) < 4.78 is 34.1. The second kappa shape index (κ2) is 53.7. The Labute approximate surface area is 453 Å². The lowest BCUT2D eigenvalue weighted by atomic mass is 10.1. The smallest absolute Gasteiger partial charge is 0.306 e. The fourth-order valence-corrected chi connectivity index (χ4v) is 7.74. The summed E-state index contributed by atoms with van der Waals surface area (Å²) >= 11 is 0. The van der Waals surface area contributed by atoms with E-state index < -0.39 is 32.5 Å². The zero-order chi connectivity index (χ0) is 54.2. The summed E-state index contributed by atoms with van der Waals surface area (Å²) in [4.78, 5) is 37.9. The van der Waals surface area contributed by atoms with Crippen molar-refractivity contribution in [2.24, 2.45) is 0 Å². The number of rotatable bonds is 50. The van der Waals surface area contributed by atoms with Crippen LogP contribution in [0.2, 0.25) is 0 Å². The molecule has 0 N–H and O–H groups in total. The number of phosphoric acid groups is 1. The van der Waals surface area contributed by atoms with Crippen molar-refractivity contribution in [2.45, 2.75) is 200 Å². The molecular weight excluding hydrogens is 942 g/mol. The fourth-order valence-electron chi connectivity index (χ4n) is 7.01. The lowest BCUT2D eigenvalue weighted by molar-refractivity contribution is -0.870. The predicted octanol–water partition coefficient (Wildman–Crippen LogP) is 17.3. The molecule has 0 saturated heterocycles. The molecule has 0 aromatic carbocycles. The van der Waals surface area contributed by atoms with E-state index in [4.69, 9.17) is 18.5 Å². The van der Waals surface area contributed by atoms with Gasteiger partial charge in [-0.15, -0.1) is 0 Å². The lowest BCUT2D eigenvalue weighted by Crippen LogP contribution is -2.37. The van der Waals surface area contributed by atoms with Crippen molar-refractivity contribution in [3.63, 3.8) is 0 Å². The molecule has 0 spiro atoms. The quantitative estimate of drug-likeness (QED) is 0.0195. The van der Waals surface area contributed by atoms with Crippen molar-refractivity contribution < 1.29 is 42.1 Å². The van der Waals surface area contributed by atoms with Gasteiger partial charge in [0.2, 0.25) is 0 Å². The van der Waals surface area contributed by atoms with Gasteiger partial charge in [0.15, 0.2) is 6.10 Å². The summed E-state index contributed by atoms with van der Waals surface area (Å²) in [5.74, 6) is -0.882. The minimum Gasteiger partial charge on any atom is -0.756 e. The van der Waals surface area contributed by atoms with Crippen molar-refractivity contribution in [2.75, 3.05) is 47.5 Å². The molecule has 2 unspecified atom stereocenters. The summed E-state index contributed by atoms with van der Waals surface area (Å²) in [6.45, 7) is 3.95. The minimum absolute atomic E-state index is 0.0462. The number of allylic oxidation sites excluding steroid dienone is 24. The Morgan fingerprint density at radius 1 is 0.419 bits per heavy atom. The number of carbonyl (C=O) groups excluding carboxylic acids is 2. The first kappa shape index (κ1) is 69.9. The van der Waals surface area contributed by atoms with Crippen molar-refractivity contribution in [3.8, 4) is 0 Å². The first-order valence-electron chi connectivity index (χ1n) is 28.5. The highest BCUT2D eigenvalue weighted by atomic mass is 31.2. The number of quaternary nitrogens is 1. The molecule has 0 fully saturated rings. The molecule has 2 atom stereocenters. The van der Waals surface area contributed by atoms with Crippen molar-refractivity contribution in [3.05, 3.63) is 146 Å². The summed E-state index contributed by atoms with van der Waals surface area (Å²) in [5.41, 5.74) is 0. The van der Waals surface area contributed by atoms with E-state index in [1.165, 1.54) is 19.3 Å². The van der Waals surface area contributed by atoms with E-state index in [2.05, 4.69) is 160 Å². The second-order valence-corrected chi connectivity index (χ2v) is 20.9. The van der Waals surface area contributed by atoms with E-state index >= 15 is 0 Å². The zero-order valence-electron chi connectivity index (χ0n) is 47.2. The largest absolute Gasteiger partial charge is 0.756 e. The third kappa shape index (κ3) is 57.2. The van der Waals surface area contributed by atoms with Gasteiger partial charge in [0.25, 0.3) is 7.82 Å². The van der Waals surface area contributed by atoms with Gasteiger partial charge in [-0.25, -0.2) is 0 Å². The molecule has 0 heterocycles. The van der Waals surface area contributed by atoms with Crippen LogP contribution >= 0.6 is 7.82 Å². The van der Waals surface area contributed by atoms with E-state index in [1.54, 1.807) is 0 Å². The van der Waals surface area contributed by atoms with Gasteiger partial charge >= 0.3 is 11.9 Å². The van der Waals surface area contributed by atoms with E-state index in [9.17, 15) is 19.0 Å². The van der Waals surface area contributed by atoms with Gasteiger partial charge in [0.05, 0.1) is 27.7 Å². The van der Waals surface area contributed by atoms with Crippen LogP contribution in [0.5, 0.6) is 0 Å². The van der Waals surface area contributed by atoms with Gasteiger partial charge in [0, 0.05) is 12.8 Å². The van der Waals surface area contributed by atoms with E-state index in [1.807, 2.05) is 21.1 Å². The Kier molecular flexibility index (Phi) is 50.7. The topological polar surface area (TPSA) is 111 Å². The monoisotopic (exact) mass is 1050 g/mol. The Morgan fingerprint density at radius 3 is 1.08 bits per heavy atom. The fraction of sp³-hybridized carbons (Fsp3) is 0.594. The van der Waals surface area contributed by atoms with Gasteiger partial charge in [-0.2, -0.15) is 0 Å². The molecule has 0 radical (unpaired) electrons. The van der Waals surface area contributed by atoms with Crippen molar-refractivity contribution >= 4 is 19.8 Å². The Morgan fingerprint density at radius 2 is 0.730 bits per heavy atom. The average Bonchev–Trinajstić information content (AvgIpc) is 3.36. The van der Waals surface area contributed by atoms with Gasteiger partial charge in [-0.3, -0.25) is 14.2 Å². The van der Waals surface area contributed by atoms with E-state index in [0.717, 1.165) is 135 Å². The average molecular weight is 1050 g/mol. The molecule has 0 aliphatic rings. The van der Waals surface area contributed by atoms with Crippen LogP contribution in [0.3, 0.4) is 0 Å². The number of phosphoric ester groups is 1. The van der Waals surface area contributed by atoms with Crippen LogP contribution in [0.1, 0.15) is 194 Å². The minimum atomic E-state index is -4.66. The SMILES string of the molecule is CC/C=C\C/C=C\C/C=C\C/C=C\C/C=C\C/C=C\C/C=C\CCCCCCCC(=O)OC(COC(=O)CCCCCCCCC/C=C\C/C=C\C/C=C\C/C=C\C/C=C\CC)COP(=O)([O-])OCC[N+](C)(C)C. The third-order valence-corrected chi connectivity index (χ3v) is 12.3. The van der Waals surface area contributed by atoms with Crippen LogP contribution in [0.15, 0.2) is 146 Å². The Bertz CT molecular complexity index is 1760. The van der Waals surface area contributed by atoms with Gasteiger partial charge in [0.1, 0.15) is 19.8 Å². The maximum atomic E-state index is 12.8. The van der Waals surface area contributed by atoms with Crippen LogP contribution in [-0.4, -0.2) is 70.0 Å². The molecule has 0 saturated carbocycles. The third-order valence-electron chi connectivity index (χ3n) is 11.4. The number of ether oxygens (including phenoxy) is 2. The van der Waals surface area contributed by atoms with Crippen molar-refractivity contribution in [1.29, 1.82) is 0 Å². The Balaban J connectivity index is 4.31. The maximum absolute atomic E-state index is 12.8. The summed E-state index contributed by atoms with van der Waals surface area (Å²) in [6.07, 6.45) is 78.8. The normalized spacial score (nSPS) is 14.4. The molecule has 0 bridgehead atoms. The van der Waals surface area contributed by atoms with Gasteiger partial charge in [-0.1, -0.05) is 211 Å². The number of carbonyl (C=O) groups is 2. The highest BCUT2D eigenvalue weighted by Gasteiger charge is 2.21. The predicted molar refractivity (Wildman–Crippen MR) is 314 cm³/mol. The first-order valence-corrected chi connectivity index (χ1v) is 30.0. The number of unbranched alkanes of at least 4 members (excludes halogenated alkanes) is 12. The number of hydrogen-bond donors (Lipinski definition) is 0. The second-order valence-electron chi connectivity index (χ2n) is 19.5. The number of hydrogen-bond acceptors (Lipinski definition) is 8. The molecule has 74 heavy (non-hydrogen) atoms. The molecule has 0 aliphatic heterocycles. The first-order chi connectivity index (χ1) is 36.0. The van der Waals surface area contributed by atoms with E-state index in [-0.39, 0.29) is 26.1 Å². The van der Waals surface area contributed by atoms with E-state index in [0.29, 0.717) is 23.9 Å². The molecule has 0 rings (SSSR count). The summed E-state index contributed by atoms with van der Waals surface area (Å²) in [5, 5.41) is 0. The molecule has 0 amide bonds. The standard InChI is InChI=1S/C64H104NO8P/c1-6-8-10-12-14-16-18-20-22-24-26-28-30-31-32-33-35-37-39-41-43-45-47-49-51-53-55-57-64(67)73-62(61-72-74(68,69)71-59-58-65(3,4)5)60-70-63(66)56-54-52-50-48-46-44-42-40-38-36-34-29-27-25-23-21-19-17-15-13-11-9-7-2/h8-11,14-17,20-23,26-29,31-32,35-38,41,43,62H,6-7,12-13,18-19,24-25,30,33-34,39-40,42,44-61H2,1-5H3/b10-8-,11-9-,16-14-,17-15-,22-20-,23-21-,28-26-,29-27-,32-31-,37-35-,38-36-,43-41-. The number of likely N-dealkylation sites (N-methyl/N-ethyl adjacent to an activating group) is 1. The van der Waals surface area contributed by atoms with Crippen LogP contribution in [0.25, 0.3) is 0 Å². The molecule has 10 heteroatoms. The van der Waals surface area contributed by atoms with Crippen LogP contribution in [-0.2, 0) is 32.7 Å². The Hall–Kier alpha value is -4.11. The highest BCUT2D eigenvalue weighted by molar-refractivity contribution is 7.45. The maximum Gasteiger partial charge on any atom is 0.306 e. The highest BCUT2D eigenvalue weighted by Crippen LogP contribution is 2.38. The van der Waals surface area contributed by atoms with Gasteiger partial charge < -0.3 is 27.9 Å². The molecule has 418 valence electrons. The lowest BCUT2D eigenvalue weighted by Gasteiger charge is -2.28. The summed E-state index contributed by atoms with van der Waals surface area (Å²) in [7, 11) is 1.12. The zero-order valence-corrected chi connectivity index (χ0v) is 48.1. The van der Waals surface area contributed by atoms with Crippen LogP contribution in [0, 0.1) is 0 Å². The molecule has 9 nitrogen and oxygen atoms in total. The van der Waals surface area contributed by atoms with Crippen LogP contribution < -0.4 is 4.89 Å². The van der Waals surface area contributed by atoms with Crippen LogP contribution in [0.4, 0.5) is 0 Å². The molecule has 0 aromatic heterocycles. The molecule has 0 aromatic rings. The molecule has 0 aliphatic carbocycles. The number of esters is 2. The molecular formula is C64H104NO8P. The summed E-state index contributed by atoms with van der Waals surface area (Å²) in [6, 6.07) is 0.